The Hall–Kier alpha value is -3.42. The minimum absolute atomic E-state index is 0.0549. The molecule has 0 bridgehead atoms. The molecule has 0 heterocycles. The van der Waals surface area contributed by atoms with Crippen LogP contribution in [0.4, 0.5) is 17.1 Å². The van der Waals surface area contributed by atoms with Gasteiger partial charge in [0.1, 0.15) is 11.5 Å². The first-order valence-electron chi connectivity index (χ1n) is 9.52. The van der Waals surface area contributed by atoms with Gasteiger partial charge in [-0.2, -0.15) is 0 Å². The number of para-hydroxylation sites is 2. The van der Waals surface area contributed by atoms with E-state index in [0.717, 1.165) is 0 Å². The predicted octanol–water partition coefficient (Wildman–Crippen LogP) is 5.31. The first-order chi connectivity index (χ1) is 15.4. The molecule has 3 rings (SSSR count). The molecule has 0 aliphatic rings. The van der Waals surface area contributed by atoms with Crippen molar-refractivity contribution in [3.05, 3.63) is 76.3 Å². The van der Waals surface area contributed by atoms with Gasteiger partial charge in [0.2, 0.25) is 5.91 Å². The molecule has 0 saturated carbocycles. The maximum Gasteiger partial charge on any atom is 0.255 e. The van der Waals surface area contributed by atoms with Gasteiger partial charge in [-0.3, -0.25) is 9.59 Å². The molecule has 166 valence electrons. The number of amides is 2. The number of nitrogens with one attached hydrogen (secondary N) is 3. The minimum Gasteiger partial charge on any atom is -0.495 e. The second kappa shape index (κ2) is 10.7. The summed E-state index contributed by atoms with van der Waals surface area (Å²) in [6, 6.07) is 16.8. The molecule has 9 heteroatoms. The summed E-state index contributed by atoms with van der Waals surface area (Å²) in [5.41, 5.74) is 2.00. The van der Waals surface area contributed by atoms with Crippen molar-refractivity contribution in [2.45, 2.75) is 0 Å². The minimum atomic E-state index is -0.330. The Morgan fingerprint density at radius 1 is 0.812 bits per heavy atom. The van der Waals surface area contributed by atoms with Gasteiger partial charge in [-0.1, -0.05) is 35.3 Å². The molecule has 0 aliphatic carbocycles. The fourth-order valence-corrected chi connectivity index (χ4v) is 3.24. The first-order valence-corrected chi connectivity index (χ1v) is 10.3. The number of halogens is 2. The number of methoxy groups -OCH3 is 2. The number of anilines is 3. The Bertz CT molecular complexity index is 1120. The van der Waals surface area contributed by atoms with E-state index >= 15 is 0 Å². The van der Waals surface area contributed by atoms with Crippen LogP contribution in [0.15, 0.2) is 60.7 Å². The molecule has 0 unspecified atom stereocenters. The lowest BCUT2D eigenvalue weighted by Gasteiger charge is -2.15. The number of ether oxygens (including phenoxy) is 2. The van der Waals surface area contributed by atoms with Gasteiger partial charge >= 0.3 is 0 Å². The van der Waals surface area contributed by atoms with Gasteiger partial charge in [-0.15, -0.1) is 0 Å². The van der Waals surface area contributed by atoms with Crippen LogP contribution in [0.2, 0.25) is 10.0 Å². The van der Waals surface area contributed by atoms with Gasteiger partial charge in [0.15, 0.2) is 0 Å². The van der Waals surface area contributed by atoms with Gasteiger partial charge < -0.3 is 25.4 Å². The van der Waals surface area contributed by atoms with Gasteiger partial charge in [-0.05, 0) is 42.5 Å². The zero-order chi connectivity index (χ0) is 23.1. The molecule has 32 heavy (non-hydrogen) atoms. The van der Waals surface area contributed by atoms with Crippen molar-refractivity contribution in [2.75, 3.05) is 36.7 Å². The largest absolute Gasteiger partial charge is 0.495 e. The fraction of sp³-hybridized carbons (Fsp3) is 0.130. The van der Waals surface area contributed by atoms with Crippen LogP contribution in [0.25, 0.3) is 0 Å². The molecule has 0 fully saturated rings. The lowest BCUT2D eigenvalue weighted by Crippen LogP contribution is -2.23. The number of benzene rings is 3. The third kappa shape index (κ3) is 5.84. The summed E-state index contributed by atoms with van der Waals surface area (Å²) in [6.07, 6.45) is 0. The zero-order valence-electron chi connectivity index (χ0n) is 17.4. The number of carbonyl (C=O) groups excluding carboxylic acids is 2. The van der Waals surface area contributed by atoms with Crippen molar-refractivity contribution in [3.63, 3.8) is 0 Å². The van der Waals surface area contributed by atoms with Crippen molar-refractivity contribution in [3.8, 4) is 11.5 Å². The lowest BCUT2D eigenvalue weighted by atomic mass is 10.2. The Balaban J connectivity index is 1.66. The maximum absolute atomic E-state index is 12.5. The highest BCUT2D eigenvalue weighted by Crippen LogP contribution is 2.35. The second-order valence-electron chi connectivity index (χ2n) is 6.60. The Morgan fingerprint density at radius 2 is 1.47 bits per heavy atom. The molecule has 2 amide bonds. The zero-order valence-corrected chi connectivity index (χ0v) is 18.9. The Labute approximate surface area is 195 Å². The molecule has 3 aromatic rings. The monoisotopic (exact) mass is 473 g/mol. The predicted molar refractivity (Wildman–Crippen MR) is 128 cm³/mol. The van der Waals surface area contributed by atoms with Crippen molar-refractivity contribution >= 4 is 52.1 Å². The standard InChI is InChI=1S/C23H21Cl2N3O4/c1-31-20-12-21(32-2)19(11-16(20)25)27-22(29)13-26-17-5-3-4-6-18(17)28-23(30)14-7-9-15(24)10-8-14/h3-12,26H,13H2,1-2H3,(H,27,29)(H,28,30). The third-order valence-corrected chi connectivity index (χ3v) is 5.02. The highest BCUT2D eigenvalue weighted by atomic mass is 35.5. The summed E-state index contributed by atoms with van der Waals surface area (Å²) in [4.78, 5) is 25.0. The number of carbonyl (C=O) groups is 2. The van der Waals surface area contributed by atoms with Crippen molar-refractivity contribution in [1.29, 1.82) is 0 Å². The van der Waals surface area contributed by atoms with E-state index in [1.807, 2.05) is 0 Å². The molecule has 3 aromatic carbocycles. The highest BCUT2D eigenvalue weighted by Gasteiger charge is 2.14. The molecule has 0 saturated heterocycles. The van der Waals surface area contributed by atoms with E-state index < -0.39 is 0 Å². The average molecular weight is 474 g/mol. The Kier molecular flexibility index (Phi) is 7.81. The molecule has 0 radical (unpaired) electrons. The third-order valence-electron chi connectivity index (χ3n) is 4.47. The van der Waals surface area contributed by atoms with Gasteiger partial charge in [0.05, 0.1) is 42.8 Å². The molecular formula is C23H21Cl2N3O4. The van der Waals surface area contributed by atoms with E-state index in [4.69, 9.17) is 32.7 Å². The van der Waals surface area contributed by atoms with E-state index in [1.54, 1.807) is 60.7 Å². The summed E-state index contributed by atoms with van der Waals surface area (Å²) in [6.45, 7) is -0.0549. The smallest absolute Gasteiger partial charge is 0.255 e. The van der Waals surface area contributed by atoms with Crippen LogP contribution >= 0.6 is 23.2 Å². The summed E-state index contributed by atoms with van der Waals surface area (Å²) in [5, 5.41) is 9.49. The fourth-order valence-electron chi connectivity index (χ4n) is 2.87. The topological polar surface area (TPSA) is 88.7 Å². The summed E-state index contributed by atoms with van der Waals surface area (Å²) < 4.78 is 10.4. The molecular weight excluding hydrogens is 453 g/mol. The number of hydrogen-bond donors (Lipinski definition) is 3. The van der Waals surface area contributed by atoms with Gasteiger partial charge in [-0.25, -0.2) is 0 Å². The number of hydrogen-bond acceptors (Lipinski definition) is 5. The molecule has 7 nitrogen and oxygen atoms in total. The molecule has 0 aliphatic heterocycles. The second-order valence-corrected chi connectivity index (χ2v) is 7.44. The van der Waals surface area contributed by atoms with E-state index in [-0.39, 0.29) is 18.4 Å². The van der Waals surface area contributed by atoms with Crippen LogP contribution in [0.3, 0.4) is 0 Å². The Morgan fingerprint density at radius 3 is 2.12 bits per heavy atom. The SMILES string of the molecule is COc1cc(OC)c(NC(=O)CNc2ccccc2NC(=O)c2ccc(Cl)cc2)cc1Cl. The van der Waals surface area contributed by atoms with E-state index in [2.05, 4.69) is 16.0 Å². The summed E-state index contributed by atoms with van der Waals surface area (Å²) in [5.74, 6) is 0.224. The van der Waals surface area contributed by atoms with Crippen molar-refractivity contribution in [1.82, 2.24) is 0 Å². The lowest BCUT2D eigenvalue weighted by molar-refractivity contribution is -0.114. The van der Waals surface area contributed by atoms with Crippen molar-refractivity contribution < 1.29 is 19.1 Å². The summed E-state index contributed by atoms with van der Waals surface area (Å²) >= 11 is 12.0. The summed E-state index contributed by atoms with van der Waals surface area (Å²) in [7, 11) is 2.97. The van der Waals surface area contributed by atoms with E-state index in [0.29, 0.717) is 44.2 Å². The first kappa shape index (κ1) is 23.2. The molecule has 3 N–H and O–H groups in total. The van der Waals surface area contributed by atoms with Crippen LogP contribution in [0.1, 0.15) is 10.4 Å². The molecule has 0 aromatic heterocycles. The van der Waals surface area contributed by atoms with E-state index in [1.165, 1.54) is 14.2 Å². The average Bonchev–Trinajstić information content (AvgIpc) is 2.79. The van der Waals surface area contributed by atoms with Gasteiger partial charge in [0, 0.05) is 16.7 Å². The maximum atomic E-state index is 12.5. The van der Waals surface area contributed by atoms with Crippen LogP contribution in [0.5, 0.6) is 11.5 Å². The van der Waals surface area contributed by atoms with E-state index in [9.17, 15) is 9.59 Å². The van der Waals surface area contributed by atoms with Crippen LogP contribution < -0.4 is 25.4 Å². The van der Waals surface area contributed by atoms with Crippen LogP contribution in [0, 0.1) is 0 Å². The van der Waals surface area contributed by atoms with Crippen molar-refractivity contribution in [2.24, 2.45) is 0 Å². The quantitative estimate of drug-likeness (QED) is 0.412. The van der Waals surface area contributed by atoms with Crippen LogP contribution in [-0.4, -0.2) is 32.6 Å². The normalized spacial score (nSPS) is 10.2. The molecule has 0 atom stereocenters. The molecule has 0 spiro atoms. The van der Waals surface area contributed by atoms with Crippen LogP contribution in [-0.2, 0) is 4.79 Å². The highest BCUT2D eigenvalue weighted by molar-refractivity contribution is 6.32. The van der Waals surface area contributed by atoms with Gasteiger partial charge in [0.25, 0.3) is 5.91 Å². The number of rotatable bonds is 8.